The largest absolute Gasteiger partial charge is 0.444 e. The highest BCUT2D eigenvalue weighted by Crippen LogP contribution is 2.30. The molecular weight excluding hydrogens is 568 g/mol. The van der Waals surface area contributed by atoms with E-state index in [4.69, 9.17) is 4.74 Å². The van der Waals surface area contributed by atoms with Gasteiger partial charge in [0.15, 0.2) is 11.6 Å². The fourth-order valence-electron chi connectivity index (χ4n) is 4.28. The van der Waals surface area contributed by atoms with Crippen LogP contribution in [0.15, 0.2) is 47.5 Å². The van der Waals surface area contributed by atoms with Crippen LogP contribution in [0.25, 0.3) is 22.3 Å². The topological polar surface area (TPSA) is 140 Å². The summed E-state index contributed by atoms with van der Waals surface area (Å²) in [5.41, 5.74) is 0.610. The van der Waals surface area contributed by atoms with Crippen molar-refractivity contribution >= 4 is 38.8 Å². The number of fused-ring (bicyclic) bond motifs is 1. The van der Waals surface area contributed by atoms with Gasteiger partial charge >= 0.3 is 6.09 Å². The monoisotopic (exact) mass is 601 g/mol. The molecular formula is C28H33F2N7O4S. The van der Waals surface area contributed by atoms with Gasteiger partial charge < -0.3 is 19.9 Å². The third kappa shape index (κ3) is 7.18. The maximum Gasteiger partial charge on any atom is 0.407 e. The minimum atomic E-state index is -3.85. The lowest BCUT2D eigenvalue weighted by atomic mass is 10.1. The molecule has 14 heteroatoms. The van der Waals surface area contributed by atoms with Crippen LogP contribution in [-0.2, 0) is 14.8 Å². The number of nitrogens with zero attached hydrogens (tertiary/aromatic N) is 4. The molecule has 0 saturated heterocycles. The molecule has 4 rings (SSSR count). The van der Waals surface area contributed by atoms with E-state index in [2.05, 4.69) is 30.3 Å². The third-order valence-electron chi connectivity index (χ3n) is 5.97. The molecule has 1 amide bonds. The van der Waals surface area contributed by atoms with Crippen molar-refractivity contribution in [3.8, 4) is 11.3 Å². The van der Waals surface area contributed by atoms with Gasteiger partial charge in [-0.3, -0.25) is 0 Å². The maximum absolute atomic E-state index is 15.0. The molecule has 0 aliphatic heterocycles. The summed E-state index contributed by atoms with van der Waals surface area (Å²) in [5.74, 6) is -0.661. The van der Waals surface area contributed by atoms with Crippen molar-refractivity contribution < 1.29 is 26.7 Å². The Balaban J connectivity index is 1.47. The number of imidazole rings is 1. The molecule has 0 atom stereocenters. The first-order valence-corrected chi connectivity index (χ1v) is 14.7. The summed E-state index contributed by atoms with van der Waals surface area (Å²) in [6.07, 6.45) is 0.331. The molecule has 4 aromatic rings. The smallest absolute Gasteiger partial charge is 0.407 e. The van der Waals surface area contributed by atoms with Crippen LogP contribution in [-0.4, -0.2) is 52.7 Å². The zero-order chi connectivity index (χ0) is 30.8. The summed E-state index contributed by atoms with van der Waals surface area (Å²) in [7, 11) is -3.85. The first-order chi connectivity index (χ1) is 19.6. The Morgan fingerprint density at radius 3 is 2.38 bits per heavy atom. The van der Waals surface area contributed by atoms with Gasteiger partial charge in [0.25, 0.3) is 0 Å². The number of carbonyl (C=O) groups excluding carboxylic acids is 1. The number of aromatic nitrogens is 4. The molecule has 2 heterocycles. The Hall–Kier alpha value is -4.17. The summed E-state index contributed by atoms with van der Waals surface area (Å²) in [6, 6.07) is 8.57. The van der Waals surface area contributed by atoms with Crippen LogP contribution in [0.5, 0.6) is 0 Å². The quantitative estimate of drug-likeness (QED) is 0.222. The summed E-state index contributed by atoms with van der Waals surface area (Å²) < 4.78 is 64.4. The van der Waals surface area contributed by atoms with Crippen molar-refractivity contribution in [1.82, 2.24) is 29.6 Å². The number of nitrogens with one attached hydrogen (secondary N) is 3. The van der Waals surface area contributed by atoms with E-state index in [0.29, 0.717) is 17.0 Å². The second kappa shape index (κ2) is 12.0. The number of benzene rings is 2. The number of ether oxygens (including phenoxy) is 1. The SMILES string of the molecule is Cc1nc2c(F)cc(-c3nc(Nc4ccc(S(=O)(=O)NCCNC(=O)OC(C)(C)C)cc4)ncc3F)cc2n1C(C)C. The Morgan fingerprint density at radius 2 is 1.74 bits per heavy atom. The van der Waals surface area contributed by atoms with Gasteiger partial charge in [0.05, 0.1) is 16.6 Å². The van der Waals surface area contributed by atoms with Crippen molar-refractivity contribution in [3.05, 3.63) is 60.1 Å². The number of hydrogen-bond acceptors (Lipinski definition) is 8. The van der Waals surface area contributed by atoms with Crippen LogP contribution in [0.4, 0.5) is 25.2 Å². The number of anilines is 2. The normalized spacial score (nSPS) is 12.1. The fourth-order valence-corrected chi connectivity index (χ4v) is 5.31. The van der Waals surface area contributed by atoms with E-state index in [9.17, 15) is 22.0 Å². The van der Waals surface area contributed by atoms with Crippen molar-refractivity contribution in [3.63, 3.8) is 0 Å². The summed E-state index contributed by atoms with van der Waals surface area (Å²) in [5, 5.41) is 5.39. The van der Waals surface area contributed by atoms with Crippen molar-refractivity contribution in [2.24, 2.45) is 0 Å². The second-order valence-electron chi connectivity index (χ2n) is 10.8. The van der Waals surface area contributed by atoms with Crippen molar-refractivity contribution in [2.75, 3.05) is 18.4 Å². The highest BCUT2D eigenvalue weighted by Gasteiger charge is 2.19. The number of aryl methyl sites for hydroxylation is 1. The molecule has 224 valence electrons. The Morgan fingerprint density at radius 1 is 1.05 bits per heavy atom. The van der Waals surface area contributed by atoms with Gasteiger partial charge in [-0.05, 0) is 77.9 Å². The number of sulfonamides is 1. The molecule has 0 aliphatic carbocycles. The first kappa shape index (κ1) is 30.8. The van der Waals surface area contributed by atoms with Crippen LogP contribution < -0.4 is 15.4 Å². The van der Waals surface area contributed by atoms with Crippen molar-refractivity contribution in [2.45, 2.75) is 58.1 Å². The Kier molecular flexibility index (Phi) is 8.78. The summed E-state index contributed by atoms with van der Waals surface area (Å²) in [6.45, 7) is 10.8. The highest BCUT2D eigenvalue weighted by atomic mass is 32.2. The number of amides is 1. The first-order valence-electron chi connectivity index (χ1n) is 13.2. The average molecular weight is 602 g/mol. The lowest BCUT2D eigenvalue weighted by Gasteiger charge is -2.19. The van der Waals surface area contributed by atoms with Crippen molar-refractivity contribution in [1.29, 1.82) is 0 Å². The molecule has 0 unspecified atom stereocenters. The van der Waals surface area contributed by atoms with E-state index >= 15 is 0 Å². The summed E-state index contributed by atoms with van der Waals surface area (Å²) >= 11 is 0. The minimum Gasteiger partial charge on any atom is -0.444 e. The van der Waals surface area contributed by atoms with Crippen LogP contribution in [0.3, 0.4) is 0 Å². The van der Waals surface area contributed by atoms with Crippen LogP contribution >= 0.6 is 0 Å². The molecule has 0 radical (unpaired) electrons. The molecule has 2 aromatic heterocycles. The number of alkyl carbamates (subject to hydrolysis) is 1. The van der Waals surface area contributed by atoms with Gasteiger partial charge in [0.2, 0.25) is 16.0 Å². The van der Waals surface area contributed by atoms with E-state index < -0.39 is 33.4 Å². The number of carbonyl (C=O) groups is 1. The number of rotatable bonds is 9. The van der Waals surface area contributed by atoms with E-state index in [1.807, 2.05) is 18.4 Å². The second-order valence-corrected chi connectivity index (χ2v) is 12.6. The van der Waals surface area contributed by atoms with Gasteiger partial charge in [0.1, 0.15) is 22.6 Å². The van der Waals surface area contributed by atoms with Crippen LogP contribution in [0.2, 0.25) is 0 Å². The zero-order valence-corrected chi connectivity index (χ0v) is 24.9. The van der Waals surface area contributed by atoms with Gasteiger partial charge in [0, 0.05) is 30.4 Å². The summed E-state index contributed by atoms with van der Waals surface area (Å²) in [4.78, 5) is 24.2. The highest BCUT2D eigenvalue weighted by molar-refractivity contribution is 7.89. The molecule has 42 heavy (non-hydrogen) atoms. The van der Waals surface area contributed by atoms with Gasteiger partial charge in [-0.15, -0.1) is 0 Å². The molecule has 0 saturated carbocycles. The standard InChI is InChI=1S/C28H33F2N7O4S/c1-16(2)37-17(3)34-25-21(29)13-18(14-23(25)37)24-22(30)15-32-26(36-24)35-19-7-9-20(10-8-19)42(39,40)33-12-11-31-27(38)41-28(4,5)6/h7-10,13-16,33H,11-12H2,1-6H3,(H,31,38)(H,32,35,36). The van der Waals surface area contributed by atoms with Crippen LogP contribution in [0, 0.1) is 18.6 Å². The molecule has 0 spiro atoms. The fraction of sp³-hybridized carbons (Fsp3) is 0.357. The zero-order valence-electron chi connectivity index (χ0n) is 24.1. The maximum atomic E-state index is 15.0. The lowest BCUT2D eigenvalue weighted by Crippen LogP contribution is -2.37. The van der Waals surface area contributed by atoms with Crippen LogP contribution in [0.1, 0.15) is 46.5 Å². The van der Waals surface area contributed by atoms with Gasteiger partial charge in [-0.25, -0.2) is 41.7 Å². The molecule has 11 nitrogen and oxygen atoms in total. The van der Waals surface area contributed by atoms with E-state index in [1.165, 1.54) is 30.3 Å². The predicted octanol–water partition coefficient (Wildman–Crippen LogP) is 5.21. The Labute approximate surface area is 242 Å². The number of halogens is 2. The van der Waals surface area contributed by atoms with E-state index in [0.717, 1.165) is 6.20 Å². The Bertz CT molecular complexity index is 1720. The third-order valence-corrected chi connectivity index (χ3v) is 7.44. The average Bonchev–Trinajstić information content (AvgIpc) is 3.23. The molecule has 2 aromatic carbocycles. The van der Waals surface area contributed by atoms with E-state index in [-0.39, 0.29) is 46.7 Å². The predicted molar refractivity (Wildman–Crippen MR) is 155 cm³/mol. The lowest BCUT2D eigenvalue weighted by molar-refractivity contribution is 0.0529. The number of hydrogen-bond donors (Lipinski definition) is 3. The van der Waals surface area contributed by atoms with E-state index in [1.54, 1.807) is 33.8 Å². The molecule has 0 bridgehead atoms. The minimum absolute atomic E-state index is 0.00742. The van der Waals surface area contributed by atoms with Gasteiger partial charge in [-0.2, -0.15) is 0 Å². The molecule has 3 N–H and O–H groups in total. The van der Waals surface area contributed by atoms with Gasteiger partial charge in [-0.1, -0.05) is 0 Å². The molecule has 0 fully saturated rings. The molecule has 0 aliphatic rings.